The molecule has 0 radical (unpaired) electrons. The van der Waals surface area contributed by atoms with Crippen LogP contribution in [0.3, 0.4) is 0 Å². The van der Waals surface area contributed by atoms with Gasteiger partial charge >= 0.3 is 5.97 Å². The average Bonchev–Trinajstić information content (AvgIpc) is 3.38. The summed E-state index contributed by atoms with van der Waals surface area (Å²) in [6.07, 6.45) is 0.723. The van der Waals surface area contributed by atoms with E-state index in [0.29, 0.717) is 5.56 Å². The van der Waals surface area contributed by atoms with E-state index in [0.717, 1.165) is 24.1 Å². The molecule has 0 saturated carbocycles. The number of carbonyl (C=O) groups is 3. The summed E-state index contributed by atoms with van der Waals surface area (Å²) >= 11 is 0.875. The molecule has 2 amide bonds. The number of nitrogens with zero attached hydrogens (tertiary/aromatic N) is 1. The molecule has 0 bridgehead atoms. The average molecular weight is 531 g/mol. The molecule has 1 aromatic heterocycles. The summed E-state index contributed by atoms with van der Waals surface area (Å²) in [7, 11) is 1.22. The molecule has 194 valence electrons. The predicted octanol–water partition coefficient (Wildman–Crippen LogP) is 5.06. The molecule has 1 aliphatic heterocycles. The zero-order chi connectivity index (χ0) is 26.6. The number of thioether (sulfide) groups is 1. The van der Waals surface area contributed by atoms with Crippen LogP contribution in [0, 0.1) is 17.6 Å². The van der Waals surface area contributed by atoms with Gasteiger partial charge in [-0.2, -0.15) is 0 Å². The van der Waals surface area contributed by atoms with Crippen molar-refractivity contribution in [2.75, 3.05) is 19.5 Å². The Labute approximate surface area is 215 Å². The van der Waals surface area contributed by atoms with Gasteiger partial charge < -0.3 is 13.9 Å². The molecule has 0 unspecified atom stereocenters. The number of methoxy groups -OCH3 is 1. The molecule has 1 fully saturated rings. The maximum absolute atomic E-state index is 14.9. The van der Waals surface area contributed by atoms with Crippen molar-refractivity contribution in [2.45, 2.75) is 24.9 Å². The summed E-state index contributed by atoms with van der Waals surface area (Å²) in [5.74, 6) is -2.71. The van der Waals surface area contributed by atoms with E-state index in [9.17, 15) is 23.2 Å². The fourth-order valence-corrected chi connectivity index (χ4v) is 5.27. The van der Waals surface area contributed by atoms with Gasteiger partial charge in [0.2, 0.25) is 5.89 Å². The third-order valence-corrected chi connectivity index (χ3v) is 7.32. The summed E-state index contributed by atoms with van der Waals surface area (Å²) < 4.78 is 44.5. The predicted molar refractivity (Wildman–Crippen MR) is 130 cm³/mol. The number of imide groups is 1. The van der Waals surface area contributed by atoms with Gasteiger partial charge in [0.1, 0.15) is 24.0 Å². The highest BCUT2D eigenvalue weighted by Gasteiger charge is 2.45. The lowest BCUT2D eigenvalue weighted by atomic mass is 9.69. The van der Waals surface area contributed by atoms with E-state index in [4.69, 9.17) is 9.15 Å². The van der Waals surface area contributed by atoms with E-state index in [1.807, 2.05) is 0 Å². The fraction of sp³-hybridized carbons (Fsp3) is 0.308. The van der Waals surface area contributed by atoms with Gasteiger partial charge in [0.05, 0.1) is 13.7 Å². The third kappa shape index (κ3) is 5.89. The summed E-state index contributed by atoms with van der Waals surface area (Å²) in [5, 5.41) is 1.77. The van der Waals surface area contributed by atoms with Gasteiger partial charge in [-0.05, 0) is 36.1 Å². The third-order valence-electron chi connectivity index (χ3n) is 6.39. The number of carbonyl (C=O) groups excluding carboxylic acids is 3. The molecule has 3 aromatic rings. The smallest absolute Gasteiger partial charge is 0.360 e. The molecule has 3 atom stereocenters. The summed E-state index contributed by atoms with van der Waals surface area (Å²) in [6, 6.07) is 11.6. The van der Waals surface area contributed by atoms with Crippen molar-refractivity contribution in [1.82, 2.24) is 10.3 Å². The molecule has 1 N–H and O–H groups in total. The van der Waals surface area contributed by atoms with Crippen LogP contribution >= 0.6 is 11.8 Å². The second kappa shape index (κ2) is 11.2. The minimum atomic E-state index is -0.942. The number of ether oxygens (including phenoxy) is 2. The SMILES string of the molecule is COC(=O)c1coc([C@H]2C[C@@H](CSC(=O)NC(=O)c3ccccc3)[C@](C)(c3ccc(F)cc3F)CO2)n1. The molecular formula is C26H24F2N2O6S. The highest BCUT2D eigenvalue weighted by atomic mass is 32.2. The quantitative estimate of drug-likeness (QED) is 0.441. The molecule has 2 heterocycles. The van der Waals surface area contributed by atoms with Gasteiger partial charge in [0.15, 0.2) is 5.69 Å². The van der Waals surface area contributed by atoms with Crippen LogP contribution in [0.15, 0.2) is 59.2 Å². The minimum absolute atomic E-state index is 0.00590. The Bertz CT molecular complexity index is 1300. The number of halogens is 2. The number of hydrogen-bond donors (Lipinski definition) is 1. The molecule has 0 aliphatic carbocycles. The number of hydrogen-bond acceptors (Lipinski definition) is 8. The van der Waals surface area contributed by atoms with Crippen LogP contribution in [0.5, 0.6) is 0 Å². The van der Waals surface area contributed by atoms with Crippen LogP contribution in [-0.4, -0.2) is 41.6 Å². The summed E-state index contributed by atoms with van der Waals surface area (Å²) in [6.45, 7) is 1.78. The molecule has 11 heteroatoms. The Balaban J connectivity index is 1.53. The number of aromatic nitrogens is 1. The van der Waals surface area contributed by atoms with Crippen molar-refractivity contribution < 1.29 is 37.1 Å². The van der Waals surface area contributed by atoms with Crippen LogP contribution in [0.25, 0.3) is 0 Å². The van der Waals surface area contributed by atoms with Gasteiger partial charge in [0.25, 0.3) is 11.1 Å². The Morgan fingerprint density at radius 1 is 1.19 bits per heavy atom. The van der Waals surface area contributed by atoms with Gasteiger partial charge in [-0.3, -0.25) is 14.9 Å². The number of esters is 1. The standard InChI is InChI=1S/C26H24F2N2O6S/c1-26(18-9-8-17(27)11-19(18)28)14-36-21(23-29-20(12-35-23)24(32)34-2)10-16(26)13-37-25(33)30-22(31)15-6-4-3-5-7-15/h3-9,11-12,16,21H,10,13-14H2,1-2H3,(H,30,31,33)/t16-,21+,26+/m0/s1. The molecular weight excluding hydrogens is 506 g/mol. The van der Waals surface area contributed by atoms with E-state index in [-0.39, 0.29) is 41.8 Å². The Morgan fingerprint density at radius 3 is 2.65 bits per heavy atom. The summed E-state index contributed by atoms with van der Waals surface area (Å²) in [5.41, 5.74) is -0.390. The molecule has 8 nitrogen and oxygen atoms in total. The van der Waals surface area contributed by atoms with Crippen molar-refractivity contribution in [3.8, 4) is 0 Å². The molecule has 37 heavy (non-hydrogen) atoms. The monoisotopic (exact) mass is 530 g/mol. The summed E-state index contributed by atoms with van der Waals surface area (Å²) in [4.78, 5) is 40.8. The normalized spacial score (nSPS) is 21.3. The van der Waals surface area contributed by atoms with Crippen molar-refractivity contribution in [1.29, 1.82) is 0 Å². The number of nitrogens with one attached hydrogen (secondary N) is 1. The highest BCUT2D eigenvalue weighted by molar-refractivity contribution is 8.13. The lowest BCUT2D eigenvalue weighted by molar-refractivity contribution is -0.0661. The van der Waals surface area contributed by atoms with Crippen LogP contribution in [0.1, 0.15) is 51.7 Å². The van der Waals surface area contributed by atoms with Crippen molar-refractivity contribution in [3.63, 3.8) is 0 Å². The Morgan fingerprint density at radius 2 is 1.95 bits per heavy atom. The highest BCUT2D eigenvalue weighted by Crippen LogP contribution is 2.46. The largest absolute Gasteiger partial charge is 0.464 e. The van der Waals surface area contributed by atoms with Crippen LogP contribution < -0.4 is 5.32 Å². The van der Waals surface area contributed by atoms with Crippen LogP contribution in [0.4, 0.5) is 13.6 Å². The Hall–Kier alpha value is -3.57. The molecule has 0 spiro atoms. The maximum atomic E-state index is 14.9. The first kappa shape index (κ1) is 26.5. The van der Waals surface area contributed by atoms with E-state index in [1.165, 1.54) is 19.2 Å². The first-order valence-electron chi connectivity index (χ1n) is 11.3. The topological polar surface area (TPSA) is 108 Å². The molecule has 4 rings (SSSR count). The van der Waals surface area contributed by atoms with Crippen molar-refractivity contribution in [2.24, 2.45) is 5.92 Å². The van der Waals surface area contributed by atoms with Crippen molar-refractivity contribution >= 4 is 28.9 Å². The zero-order valence-corrected chi connectivity index (χ0v) is 20.8. The molecule has 2 aromatic carbocycles. The lowest BCUT2D eigenvalue weighted by Gasteiger charge is -2.44. The molecule has 1 aliphatic rings. The minimum Gasteiger partial charge on any atom is -0.464 e. The number of rotatable bonds is 6. The zero-order valence-electron chi connectivity index (χ0n) is 20.0. The first-order chi connectivity index (χ1) is 17.7. The van der Waals surface area contributed by atoms with Gasteiger partial charge in [-0.1, -0.05) is 43.0 Å². The van der Waals surface area contributed by atoms with Gasteiger partial charge in [0, 0.05) is 22.8 Å². The van der Waals surface area contributed by atoms with Gasteiger partial charge in [-0.15, -0.1) is 0 Å². The van der Waals surface area contributed by atoms with Crippen LogP contribution in [0.2, 0.25) is 0 Å². The number of benzene rings is 2. The second-order valence-electron chi connectivity index (χ2n) is 8.76. The van der Waals surface area contributed by atoms with E-state index >= 15 is 0 Å². The Kier molecular flexibility index (Phi) is 8.03. The number of oxazole rings is 1. The maximum Gasteiger partial charge on any atom is 0.360 e. The first-order valence-corrected chi connectivity index (χ1v) is 12.3. The lowest BCUT2D eigenvalue weighted by Crippen LogP contribution is -2.45. The van der Waals surface area contributed by atoms with E-state index in [1.54, 1.807) is 37.3 Å². The number of amides is 2. The second-order valence-corrected chi connectivity index (χ2v) is 9.75. The van der Waals surface area contributed by atoms with Gasteiger partial charge in [-0.25, -0.2) is 18.6 Å². The van der Waals surface area contributed by atoms with E-state index in [2.05, 4.69) is 15.0 Å². The molecule has 1 saturated heterocycles. The fourth-order valence-electron chi connectivity index (χ4n) is 4.25. The van der Waals surface area contributed by atoms with Crippen molar-refractivity contribution in [3.05, 3.63) is 89.1 Å². The van der Waals surface area contributed by atoms with E-state index < -0.39 is 40.3 Å². The van der Waals surface area contributed by atoms with Crippen LogP contribution in [-0.2, 0) is 14.9 Å².